The maximum atomic E-state index is 12.1. The summed E-state index contributed by atoms with van der Waals surface area (Å²) < 4.78 is 0. The first-order valence-corrected chi connectivity index (χ1v) is 6.93. The number of nitrogens with one attached hydrogen (secondary N) is 2. The number of anilines is 1. The van der Waals surface area contributed by atoms with Crippen LogP contribution >= 0.6 is 0 Å². The van der Waals surface area contributed by atoms with E-state index in [1.165, 1.54) is 6.20 Å². The Kier molecular flexibility index (Phi) is 6.31. The van der Waals surface area contributed by atoms with Gasteiger partial charge in [-0.3, -0.25) is 4.79 Å². The van der Waals surface area contributed by atoms with Gasteiger partial charge in [0.2, 0.25) is 0 Å². The number of hydrogen-bond acceptors (Lipinski definition) is 3. The fraction of sp³-hybridized carbons (Fsp3) is 0.375. The molecule has 0 saturated carbocycles. The topological polar surface area (TPSA) is 64.9 Å². The molecule has 0 aliphatic heterocycles. The van der Waals surface area contributed by atoms with Crippen molar-refractivity contribution < 1.29 is 4.79 Å². The summed E-state index contributed by atoms with van der Waals surface area (Å²) in [5, 5.41) is 14.8. The van der Waals surface area contributed by atoms with Gasteiger partial charge in [-0.25, -0.2) is 0 Å². The summed E-state index contributed by atoms with van der Waals surface area (Å²) in [5.74, 6) is -0.371. The van der Waals surface area contributed by atoms with Gasteiger partial charge in [0.1, 0.15) is 11.6 Å². The lowest BCUT2D eigenvalue weighted by atomic mass is 10.0. The van der Waals surface area contributed by atoms with Gasteiger partial charge in [0.25, 0.3) is 5.91 Å². The largest absolute Gasteiger partial charge is 0.390 e. The highest BCUT2D eigenvalue weighted by Gasteiger charge is 2.13. The van der Waals surface area contributed by atoms with Gasteiger partial charge >= 0.3 is 0 Å². The van der Waals surface area contributed by atoms with Gasteiger partial charge in [-0.05, 0) is 30.9 Å². The molecule has 0 radical (unpaired) electrons. The molecule has 4 nitrogen and oxygen atoms in total. The number of hydrogen-bond donors (Lipinski definition) is 2. The fourth-order valence-corrected chi connectivity index (χ4v) is 1.94. The molecule has 4 heteroatoms. The summed E-state index contributed by atoms with van der Waals surface area (Å²) in [7, 11) is 0. The molecule has 20 heavy (non-hydrogen) atoms. The molecule has 1 rings (SSSR count). The van der Waals surface area contributed by atoms with E-state index in [1.807, 2.05) is 45.0 Å². The number of nitriles is 1. The van der Waals surface area contributed by atoms with Crippen LogP contribution in [0.3, 0.4) is 0 Å². The number of carbonyl (C=O) groups is 1. The molecule has 0 aromatic heterocycles. The first-order valence-electron chi connectivity index (χ1n) is 6.93. The molecule has 1 aromatic carbocycles. The Balaban J connectivity index is 3.03. The average molecular weight is 271 g/mol. The lowest BCUT2D eigenvalue weighted by Crippen LogP contribution is -2.18. The van der Waals surface area contributed by atoms with Gasteiger partial charge in [-0.1, -0.05) is 32.0 Å². The van der Waals surface area contributed by atoms with Crippen LogP contribution in [0.2, 0.25) is 0 Å². The molecule has 0 aliphatic rings. The van der Waals surface area contributed by atoms with Crippen molar-refractivity contribution >= 4 is 11.6 Å². The van der Waals surface area contributed by atoms with Crippen molar-refractivity contribution in [1.82, 2.24) is 5.32 Å². The van der Waals surface area contributed by atoms with Crippen molar-refractivity contribution in [3.8, 4) is 6.07 Å². The summed E-state index contributed by atoms with van der Waals surface area (Å²) in [6.45, 7) is 6.67. The van der Waals surface area contributed by atoms with Crippen LogP contribution in [0.4, 0.5) is 5.69 Å². The second-order valence-corrected chi connectivity index (χ2v) is 4.34. The van der Waals surface area contributed by atoms with E-state index in [4.69, 9.17) is 5.26 Å². The van der Waals surface area contributed by atoms with Crippen LogP contribution in [0, 0.1) is 11.3 Å². The lowest BCUT2D eigenvalue weighted by Gasteiger charge is -2.14. The van der Waals surface area contributed by atoms with Crippen molar-refractivity contribution in [1.29, 1.82) is 5.26 Å². The van der Waals surface area contributed by atoms with Gasteiger partial charge in [-0.2, -0.15) is 5.26 Å². The zero-order valence-electron chi connectivity index (χ0n) is 12.3. The Bertz CT molecular complexity index is 519. The molecule has 0 bridgehead atoms. The molecule has 1 aromatic rings. The minimum Gasteiger partial charge on any atom is -0.390 e. The van der Waals surface area contributed by atoms with Gasteiger partial charge in [-0.15, -0.1) is 0 Å². The van der Waals surface area contributed by atoms with Crippen molar-refractivity contribution in [2.24, 2.45) is 0 Å². The number of para-hydroxylation sites is 1. The Morgan fingerprint density at radius 1 is 1.25 bits per heavy atom. The van der Waals surface area contributed by atoms with Crippen LogP contribution in [0.1, 0.15) is 31.9 Å². The standard InChI is InChI=1S/C16H21N3O/c1-4-12-8-7-9-13(5-2)15(12)19-16(20)14(10-17)11-18-6-3/h7-9,11,18H,4-6H2,1-3H3,(H,19,20)/b14-11-. The first-order chi connectivity index (χ1) is 9.67. The van der Waals surface area contributed by atoms with E-state index in [2.05, 4.69) is 10.6 Å². The minimum absolute atomic E-state index is 0.0832. The highest BCUT2D eigenvalue weighted by molar-refractivity contribution is 6.07. The molecule has 0 atom stereocenters. The number of carbonyl (C=O) groups excluding carboxylic acids is 1. The fourth-order valence-electron chi connectivity index (χ4n) is 1.94. The number of benzene rings is 1. The van der Waals surface area contributed by atoms with Crippen molar-refractivity contribution in [2.75, 3.05) is 11.9 Å². The Labute approximate surface area is 120 Å². The second-order valence-electron chi connectivity index (χ2n) is 4.34. The molecule has 0 fully saturated rings. The van der Waals surface area contributed by atoms with E-state index in [1.54, 1.807) is 0 Å². The van der Waals surface area contributed by atoms with Gasteiger partial charge in [0, 0.05) is 18.4 Å². The third kappa shape index (κ3) is 3.86. The van der Waals surface area contributed by atoms with E-state index in [0.29, 0.717) is 6.54 Å². The van der Waals surface area contributed by atoms with Crippen molar-refractivity contribution in [2.45, 2.75) is 33.6 Å². The van der Waals surface area contributed by atoms with Gasteiger partial charge in [0.05, 0.1) is 0 Å². The molecular weight excluding hydrogens is 250 g/mol. The summed E-state index contributed by atoms with van der Waals surface area (Å²) in [6.07, 6.45) is 3.13. The molecule has 106 valence electrons. The second kappa shape index (κ2) is 8.00. The van der Waals surface area contributed by atoms with Crippen LogP contribution in [0.15, 0.2) is 30.0 Å². The Morgan fingerprint density at radius 2 is 1.85 bits per heavy atom. The molecule has 0 aliphatic carbocycles. The molecule has 0 saturated heterocycles. The molecule has 0 heterocycles. The van der Waals surface area contributed by atoms with Gasteiger partial charge in [0.15, 0.2) is 0 Å². The zero-order chi connectivity index (χ0) is 15.0. The van der Waals surface area contributed by atoms with Crippen LogP contribution in [-0.2, 0) is 17.6 Å². The summed E-state index contributed by atoms with van der Waals surface area (Å²) >= 11 is 0. The molecular formula is C16H21N3O. The molecule has 0 spiro atoms. The van der Waals surface area contributed by atoms with Crippen LogP contribution < -0.4 is 10.6 Å². The number of aryl methyl sites for hydroxylation is 2. The predicted molar refractivity (Wildman–Crippen MR) is 81.2 cm³/mol. The smallest absolute Gasteiger partial charge is 0.267 e. The third-order valence-corrected chi connectivity index (χ3v) is 3.05. The van der Waals surface area contributed by atoms with E-state index in [0.717, 1.165) is 29.7 Å². The number of amides is 1. The van der Waals surface area contributed by atoms with E-state index in [9.17, 15) is 4.79 Å². The number of nitrogens with zero attached hydrogens (tertiary/aromatic N) is 1. The van der Waals surface area contributed by atoms with Crippen LogP contribution in [0.5, 0.6) is 0 Å². The maximum Gasteiger partial charge on any atom is 0.267 e. The quantitative estimate of drug-likeness (QED) is 0.617. The average Bonchev–Trinajstić information content (AvgIpc) is 2.48. The van der Waals surface area contributed by atoms with Crippen LogP contribution in [-0.4, -0.2) is 12.5 Å². The molecule has 1 amide bonds. The summed E-state index contributed by atoms with van der Waals surface area (Å²) in [4.78, 5) is 12.1. The normalized spacial score (nSPS) is 10.8. The minimum atomic E-state index is -0.371. The summed E-state index contributed by atoms with van der Waals surface area (Å²) in [5.41, 5.74) is 3.08. The van der Waals surface area contributed by atoms with E-state index in [-0.39, 0.29) is 11.5 Å². The highest BCUT2D eigenvalue weighted by Crippen LogP contribution is 2.23. The number of rotatable bonds is 6. The predicted octanol–water partition coefficient (Wildman–Crippen LogP) is 2.77. The van der Waals surface area contributed by atoms with Gasteiger partial charge < -0.3 is 10.6 Å². The lowest BCUT2D eigenvalue weighted by molar-refractivity contribution is -0.112. The highest BCUT2D eigenvalue weighted by atomic mass is 16.1. The third-order valence-electron chi connectivity index (χ3n) is 3.05. The monoisotopic (exact) mass is 271 g/mol. The Morgan fingerprint density at radius 3 is 2.30 bits per heavy atom. The van der Waals surface area contributed by atoms with E-state index < -0.39 is 0 Å². The molecule has 2 N–H and O–H groups in total. The van der Waals surface area contributed by atoms with Crippen molar-refractivity contribution in [3.63, 3.8) is 0 Å². The molecule has 0 unspecified atom stereocenters. The van der Waals surface area contributed by atoms with Crippen molar-refractivity contribution in [3.05, 3.63) is 41.1 Å². The Hall–Kier alpha value is -2.28. The zero-order valence-corrected chi connectivity index (χ0v) is 12.3. The summed E-state index contributed by atoms with van der Waals surface area (Å²) in [6, 6.07) is 7.90. The first kappa shape index (κ1) is 15.8. The van der Waals surface area contributed by atoms with Crippen LogP contribution in [0.25, 0.3) is 0 Å². The maximum absolute atomic E-state index is 12.1. The van der Waals surface area contributed by atoms with E-state index >= 15 is 0 Å². The SMILES string of the molecule is CCN/C=C(/C#N)C(=O)Nc1c(CC)cccc1CC.